The summed E-state index contributed by atoms with van der Waals surface area (Å²) in [5.41, 5.74) is 0. The van der Waals surface area contributed by atoms with Gasteiger partial charge in [0, 0.05) is 19.3 Å². The third kappa shape index (κ3) is 56.5. The van der Waals surface area contributed by atoms with Crippen LogP contribution < -0.4 is 0 Å². The molecule has 0 saturated heterocycles. The summed E-state index contributed by atoms with van der Waals surface area (Å²) in [6.07, 6.45) is 71.6. The van der Waals surface area contributed by atoms with Gasteiger partial charge in [0.25, 0.3) is 0 Å². The molecular weight excluding hydrogens is 865 g/mol. The summed E-state index contributed by atoms with van der Waals surface area (Å²) in [6.45, 7) is 6.61. The first kappa shape index (κ1) is 67.6. The summed E-state index contributed by atoms with van der Waals surface area (Å²) >= 11 is 0. The van der Waals surface area contributed by atoms with E-state index in [2.05, 4.69) is 57.2 Å². The molecule has 0 amide bonds. The SMILES string of the molecule is CCC/C=C\CCCCCCCC(=O)OCC(COC(=O)CCCCCCCCCCCCC/C=C\CCCCCCCCCC)OC(=O)CCCCCCCCCCC/C=C\CCCCCCCC. The molecule has 0 fully saturated rings. The smallest absolute Gasteiger partial charge is 0.306 e. The van der Waals surface area contributed by atoms with Crippen molar-refractivity contribution < 1.29 is 28.6 Å². The molecule has 0 heterocycles. The first-order valence-electron chi connectivity index (χ1n) is 31.0. The van der Waals surface area contributed by atoms with Gasteiger partial charge >= 0.3 is 17.9 Å². The van der Waals surface area contributed by atoms with Crippen LogP contribution in [0.25, 0.3) is 0 Å². The van der Waals surface area contributed by atoms with Crippen LogP contribution in [0, 0.1) is 0 Å². The topological polar surface area (TPSA) is 78.9 Å². The van der Waals surface area contributed by atoms with Crippen LogP contribution in [0.15, 0.2) is 36.5 Å². The van der Waals surface area contributed by atoms with Crippen LogP contribution in [0.3, 0.4) is 0 Å². The highest BCUT2D eigenvalue weighted by molar-refractivity contribution is 5.71. The first-order chi connectivity index (χ1) is 34.5. The van der Waals surface area contributed by atoms with E-state index in [0.717, 1.165) is 70.6 Å². The summed E-state index contributed by atoms with van der Waals surface area (Å²) in [6, 6.07) is 0. The minimum Gasteiger partial charge on any atom is -0.462 e. The van der Waals surface area contributed by atoms with Crippen molar-refractivity contribution in [2.45, 2.75) is 341 Å². The first-order valence-corrected chi connectivity index (χ1v) is 31.0. The fraction of sp³-hybridized carbons (Fsp3) is 0.859. The van der Waals surface area contributed by atoms with Crippen LogP contribution in [0.2, 0.25) is 0 Å². The molecule has 0 bridgehead atoms. The van der Waals surface area contributed by atoms with E-state index in [9.17, 15) is 14.4 Å². The zero-order chi connectivity index (χ0) is 50.7. The maximum Gasteiger partial charge on any atom is 0.306 e. The Hall–Kier alpha value is -2.37. The molecule has 0 saturated carbocycles. The number of allylic oxidation sites excluding steroid dienone is 6. The van der Waals surface area contributed by atoms with Crippen LogP contribution in [-0.2, 0) is 28.6 Å². The normalized spacial score (nSPS) is 12.2. The van der Waals surface area contributed by atoms with Gasteiger partial charge in [0.1, 0.15) is 13.2 Å². The summed E-state index contributed by atoms with van der Waals surface area (Å²) in [7, 11) is 0. The van der Waals surface area contributed by atoms with Crippen LogP contribution in [0.5, 0.6) is 0 Å². The van der Waals surface area contributed by atoms with Gasteiger partial charge in [-0.05, 0) is 89.9 Å². The molecular formula is C64H118O6. The van der Waals surface area contributed by atoms with Crippen molar-refractivity contribution in [1.82, 2.24) is 0 Å². The molecule has 1 unspecified atom stereocenters. The largest absolute Gasteiger partial charge is 0.462 e. The molecule has 0 aliphatic rings. The molecule has 1 atom stereocenters. The van der Waals surface area contributed by atoms with Crippen molar-refractivity contribution in [3.63, 3.8) is 0 Å². The zero-order valence-corrected chi connectivity index (χ0v) is 47.1. The zero-order valence-electron chi connectivity index (χ0n) is 47.1. The van der Waals surface area contributed by atoms with Crippen LogP contribution in [0.4, 0.5) is 0 Å². The molecule has 70 heavy (non-hydrogen) atoms. The van der Waals surface area contributed by atoms with E-state index in [1.54, 1.807) is 0 Å². The third-order valence-corrected chi connectivity index (χ3v) is 13.8. The van der Waals surface area contributed by atoms with Crippen molar-refractivity contribution in [3.8, 4) is 0 Å². The Balaban J connectivity index is 4.22. The molecule has 0 N–H and O–H groups in total. The van der Waals surface area contributed by atoms with E-state index < -0.39 is 6.10 Å². The van der Waals surface area contributed by atoms with Gasteiger partial charge < -0.3 is 14.2 Å². The number of esters is 3. The number of carbonyl (C=O) groups is 3. The van der Waals surface area contributed by atoms with E-state index in [-0.39, 0.29) is 31.1 Å². The molecule has 410 valence electrons. The summed E-state index contributed by atoms with van der Waals surface area (Å²) in [5, 5.41) is 0. The van der Waals surface area contributed by atoms with Gasteiger partial charge in [-0.3, -0.25) is 14.4 Å². The number of carbonyl (C=O) groups excluding carboxylic acids is 3. The molecule has 6 heteroatoms. The molecule has 0 aromatic heterocycles. The Bertz CT molecular complexity index is 1170. The minimum atomic E-state index is -0.775. The van der Waals surface area contributed by atoms with E-state index in [1.165, 1.54) is 225 Å². The highest BCUT2D eigenvalue weighted by Crippen LogP contribution is 2.17. The summed E-state index contributed by atoms with van der Waals surface area (Å²) in [4.78, 5) is 38.2. The average Bonchev–Trinajstić information content (AvgIpc) is 3.36. The van der Waals surface area contributed by atoms with Gasteiger partial charge in [-0.2, -0.15) is 0 Å². The number of unbranched alkanes of at least 4 members (excludes halogenated alkanes) is 40. The molecule has 0 spiro atoms. The molecule has 0 rings (SSSR count). The van der Waals surface area contributed by atoms with Gasteiger partial charge in [-0.25, -0.2) is 0 Å². The van der Waals surface area contributed by atoms with Crippen molar-refractivity contribution >= 4 is 17.9 Å². The van der Waals surface area contributed by atoms with Crippen LogP contribution >= 0.6 is 0 Å². The van der Waals surface area contributed by atoms with E-state index >= 15 is 0 Å². The minimum absolute atomic E-state index is 0.0733. The fourth-order valence-electron chi connectivity index (χ4n) is 9.14. The number of rotatable bonds is 57. The highest BCUT2D eigenvalue weighted by atomic mass is 16.6. The van der Waals surface area contributed by atoms with E-state index in [0.29, 0.717) is 19.3 Å². The van der Waals surface area contributed by atoms with Crippen molar-refractivity contribution in [2.24, 2.45) is 0 Å². The third-order valence-electron chi connectivity index (χ3n) is 13.8. The average molecular weight is 984 g/mol. The lowest BCUT2D eigenvalue weighted by atomic mass is 10.0. The number of hydrogen-bond acceptors (Lipinski definition) is 6. The molecule has 0 aromatic carbocycles. The van der Waals surface area contributed by atoms with Gasteiger partial charge in [0.05, 0.1) is 0 Å². The molecule has 0 aromatic rings. The maximum absolute atomic E-state index is 12.9. The van der Waals surface area contributed by atoms with Gasteiger partial charge in [-0.1, -0.05) is 263 Å². The lowest BCUT2D eigenvalue weighted by molar-refractivity contribution is -0.167. The monoisotopic (exact) mass is 983 g/mol. The standard InChI is InChI=1S/C64H118O6/c1-4-7-10-13-16-19-22-24-26-28-30-31-32-33-35-36-38-40-42-45-48-51-54-57-63(66)69-60-61(59-68-62(65)56-53-50-47-44-21-18-15-12-9-6-3)70-64(67)58-55-52-49-46-43-41-39-37-34-29-27-25-23-20-17-14-11-8-5-2/h12,15,25,27-28,30,61H,4-11,13-14,16-24,26,29,31-60H2,1-3H3/b15-12-,27-25-,30-28-. The maximum atomic E-state index is 12.9. The second-order valence-electron chi connectivity index (χ2n) is 21.0. The second-order valence-corrected chi connectivity index (χ2v) is 21.0. The Kier molecular flexibility index (Phi) is 57.2. The van der Waals surface area contributed by atoms with Gasteiger partial charge in [-0.15, -0.1) is 0 Å². The Morgan fingerprint density at radius 2 is 0.500 bits per heavy atom. The second kappa shape index (κ2) is 59.2. The van der Waals surface area contributed by atoms with Crippen molar-refractivity contribution in [3.05, 3.63) is 36.5 Å². The fourth-order valence-corrected chi connectivity index (χ4v) is 9.14. The lowest BCUT2D eigenvalue weighted by Gasteiger charge is -2.18. The summed E-state index contributed by atoms with van der Waals surface area (Å²) < 4.78 is 16.9. The highest BCUT2D eigenvalue weighted by Gasteiger charge is 2.19. The van der Waals surface area contributed by atoms with Crippen LogP contribution in [-0.4, -0.2) is 37.2 Å². The molecule has 0 aliphatic carbocycles. The van der Waals surface area contributed by atoms with Crippen LogP contribution in [0.1, 0.15) is 335 Å². The predicted molar refractivity (Wildman–Crippen MR) is 302 cm³/mol. The Morgan fingerprint density at radius 1 is 0.271 bits per heavy atom. The van der Waals surface area contributed by atoms with E-state index in [4.69, 9.17) is 14.2 Å². The Morgan fingerprint density at radius 3 is 0.771 bits per heavy atom. The molecule has 0 aliphatic heterocycles. The van der Waals surface area contributed by atoms with Crippen molar-refractivity contribution in [2.75, 3.05) is 13.2 Å². The van der Waals surface area contributed by atoms with Gasteiger partial charge in [0.15, 0.2) is 6.10 Å². The lowest BCUT2D eigenvalue weighted by Crippen LogP contribution is -2.30. The molecule has 0 radical (unpaired) electrons. The molecule has 6 nitrogen and oxygen atoms in total. The Labute approximate surface area is 435 Å². The quantitative estimate of drug-likeness (QED) is 0.0261. The van der Waals surface area contributed by atoms with Gasteiger partial charge in [0.2, 0.25) is 0 Å². The van der Waals surface area contributed by atoms with E-state index in [1.807, 2.05) is 0 Å². The number of ether oxygens (including phenoxy) is 3. The predicted octanol–water partition coefficient (Wildman–Crippen LogP) is 20.8. The number of hydrogen-bond donors (Lipinski definition) is 0. The van der Waals surface area contributed by atoms with Crippen molar-refractivity contribution in [1.29, 1.82) is 0 Å². The summed E-state index contributed by atoms with van der Waals surface area (Å²) in [5.74, 6) is -0.869.